The average Bonchev–Trinajstić information content (AvgIpc) is 3.12. The molecule has 0 atom stereocenters. The lowest BCUT2D eigenvalue weighted by Gasteiger charge is -2.04. The fourth-order valence-corrected chi connectivity index (χ4v) is 4.07. The molecular formula is C17H16N2O3S2. The van der Waals surface area contributed by atoms with Gasteiger partial charge in [0.1, 0.15) is 6.54 Å². The summed E-state index contributed by atoms with van der Waals surface area (Å²) in [6.07, 6.45) is 0. The van der Waals surface area contributed by atoms with Crippen LogP contribution in [-0.2, 0) is 16.1 Å². The maximum Gasteiger partial charge on any atom is 0.326 e. The van der Waals surface area contributed by atoms with Crippen molar-refractivity contribution in [3.8, 4) is 0 Å². The van der Waals surface area contributed by atoms with Gasteiger partial charge in [-0.1, -0.05) is 23.5 Å². The average molecular weight is 360 g/mol. The Morgan fingerprint density at radius 2 is 1.96 bits per heavy atom. The number of fused-ring (bicyclic) bond motifs is 1. The third kappa shape index (κ3) is 3.47. The predicted octanol–water partition coefficient (Wildman–Crippen LogP) is 3.38. The minimum Gasteiger partial charge on any atom is -0.465 e. The van der Waals surface area contributed by atoms with Gasteiger partial charge in [-0.2, -0.15) is 4.99 Å². The fourth-order valence-electron chi connectivity index (χ4n) is 2.29. The molecular weight excluding hydrogens is 344 g/mol. The Morgan fingerprint density at radius 3 is 2.67 bits per heavy atom. The van der Waals surface area contributed by atoms with E-state index in [0.29, 0.717) is 16.3 Å². The highest BCUT2D eigenvalue weighted by atomic mass is 32.1. The number of carbonyl (C=O) groups excluding carboxylic acids is 2. The maximum atomic E-state index is 12.4. The van der Waals surface area contributed by atoms with Crippen LogP contribution < -0.4 is 4.80 Å². The second-order valence-corrected chi connectivity index (χ2v) is 7.37. The van der Waals surface area contributed by atoms with E-state index in [0.717, 1.165) is 15.1 Å². The molecule has 0 aliphatic carbocycles. The number of thiophene rings is 1. The van der Waals surface area contributed by atoms with E-state index in [2.05, 4.69) is 4.99 Å². The molecule has 0 unspecified atom stereocenters. The summed E-state index contributed by atoms with van der Waals surface area (Å²) in [6.45, 7) is 4.07. The zero-order chi connectivity index (χ0) is 17.1. The first-order chi connectivity index (χ1) is 11.6. The van der Waals surface area contributed by atoms with Gasteiger partial charge in [0.25, 0.3) is 5.91 Å². The Balaban J connectivity index is 2.07. The highest BCUT2D eigenvalue weighted by Crippen LogP contribution is 2.18. The fraction of sp³-hybridized carbons (Fsp3) is 0.235. The van der Waals surface area contributed by atoms with E-state index >= 15 is 0 Å². The molecule has 0 bridgehead atoms. The van der Waals surface area contributed by atoms with E-state index in [4.69, 9.17) is 4.74 Å². The molecule has 0 aliphatic rings. The first-order valence-electron chi connectivity index (χ1n) is 7.48. The van der Waals surface area contributed by atoms with Crippen LogP contribution in [0.5, 0.6) is 0 Å². The number of aromatic nitrogens is 1. The number of hydrogen-bond acceptors (Lipinski definition) is 5. The van der Waals surface area contributed by atoms with Crippen molar-refractivity contribution in [1.82, 2.24) is 4.57 Å². The van der Waals surface area contributed by atoms with Crippen LogP contribution in [0.3, 0.4) is 0 Å². The Hall–Kier alpha value is -2.25. The number of esters is 1. The summed E-state index contributed by atoms with van der Waals surface area (Å²) in [5.41, 5.74) is 0.865. The molecule has 0 saturated carbocycles. The summed E-state index contributed by atoms with van der Waals surface area (Å²) in [6, 6.07) is 11.3. The lowest BCUT2D eigenvalue weighted by atomic mass is 10.3. The van der Waals surface area contributed by atoms with Gasteiger partial charge in [-0.05, 0) is 38.1 Å². The molecule has 2 heterocycles. The second kappa shape index (κ2) is 7.11. The molecule has 24 heavy (non-hydrogen) atoms. The van der Waals surface area contributed by atoms with Gasteiger partial charge in [-0.15, -0.1) is 11.3 Å². The van der Waals surface area contributed by atoms with Crippen LogP contribution in [0.25, 0.3) is 10.2 Å². The van der Waals surface area contributed by atoms with Crippen LogP contribution in [0.1, 0.15) is 21.5 Å². The van der Waals surface area contributed by atoms with Crippen molar-refractivity contribution in [2.75, 3.05) is 6.61 Å². The number of ether oxygens (including phenoxy) is 1. The van der Waals surface area contributed by atoms with Crippen LogP contribution >= 0.6 is 22.7 Å². The molecule has 3 aromatic rings. The number of thiazole rings is 1. The Bertz CT molecular complexity index is 966. The Labute approximate surface area is 146 Å². The molecule has 7 heteroatoms. The largest absolute Gasteiger partial charge is 0.465 e. The van der Waals surface area contributed by atoms with Gasteiger partial charge in [0.15, 0.2) is 4.80 Å². The van der Waals surface area contributed by atoms with Gasteiger partial charge < -0.3 is 9.30 Å². The number of para-hydroxylation sites is 1. The summed E-state index contributed by atoms with van der Waals surface area (Å²) in [5.74, 6) is -0.640. The smallest absolute Gasteiger partial charge is 0.326 e. The topological polar surface area (TPSA) is 60.7 Å². The molecule has 0 fully saturated rings. The van der Waals surface area contributed by atoms with Crippen molar-refractivity contribution in [2.45, 2.75) is 20.4 Å². The third-order valence-electron chi connectivity index (χ3n) is 3.33. The van der Waals surface area contributed by atoms with E-state index < -0.39 is 0 Å². The molecule has 5 nitrogen and oxygen atoms in total. The van der Waals surface area contributed by atoms with Crippen molar-refractivity contribution in [1.29, 1.82) is 0 Å². The van der Waals surface area contributed by atoms with Gasteiger partial charge >= 0.3 is 5.97 Å². The van der Waals surface area contributed by atoms with Crippen molar-refractivity contribution in [3.05, 3.63) is 51.0 Å². The zero-order valence-corrected chi connectivity index (χ0v) is 14.9. The Morgan fingerprint density at radius 1 is 1.17 bits per heavy atom. The highest BCUT2D eigenvalue weighted by Gasteiger charge is 2.13. The van der Waals surface area contributed by atoms with E-state index in [-0.39, 0.29) is 18.4 Å². The predicted molar refractivity (Wildman–Crippen MR) is 95.4 cm³/mol. The van der Waals surface area contributed by atoms with E-state index in [9.17, 15) is 9.59 Å². The normalized spacial score (nSPS) is 11.8. The van der Waals surface area contributed by atoms with Crippen LogP contribution in [0.15, 0.2) is 41.4 Å². The monoisotopic (exact) mass is 360 g/mol. The molecule has 3 rings (SSSR count). The molecule has 124 valence electrons. The molecule has 0 radical (unpaired) electrons. The van der Waals surface area contributed by atoms with E-state index in [1.165, 1.54) is 22.7 Å². The number of carbonyl (C=O) groups is 2. The summed E-state index contributed by atoms with van der Waals surface area (Å²) in [5, 5.41) is 0. The van der Waals surface area contributed by atoms with E-state index in [1.807, 2.05) is 37.3 Å². The molecule has 0 aliphatic heterocycles. The second-order valence-electron chi connectivity index (χ2n) is 5.07. The molecule has 1 amide bonds. The van der Waals surface area contributed by atoms with Gasteiger partial charge in [0.2, 0.25) is 0 Å². The lowest BCUT2D eigenvalue weighted by molar-refractivity contribution is -0.143. The zero-order valence-electron chi connectivity index (χ0n) is 13.3. The molecule has 0 saturated heterocycles. The molecule has 2 aromatic heterocycles. The van der Waals surface area contributed by atoms with E-state index in [1.54, 1.807) is 17.6 Å². The third-order valence-corrected chi connectivity index (χ3v) is 5.38. The molecule has 0 spiro atoms. The number of nitrogens with zero attached hydrogens (tertiary/aromatic N) is 2. The SMILES string of the molecule is CCOC(=O)Cn1c(=NC(=O)c2ccc(C)s2)sc2ccccc21. The summed E-state index contributed by atoms with van der Waals surface area (Å²) < 4.78 is 7.73. The molecule has 0 N–H and O–H groups in total. The van der Waals surface area contributed by atoms with Crippen molar-refractivity contribution in [3.63, 3.8) is 0 Å². The number of benzene rings is 1. The Kier molecular flexibility index (Phi) is 4.92. The standard InChI is InChI=1S/C17H16N2O3S2/c1-3-22-15(20)10-19-12-6-4-5-7-13(12)24-17(19)18-16(21)14-9-8-11(2)23-14/h4-9H,3,10H2,1-2H3. The van der Waals surface area contributed by atoms with Crippen molar-refractivity contribution < 1.29 is 14.3 Å². The quantitative estimate of drug-likeness (QED) is 0.670. The van der Waals surface area contributed by atoms with Crippen LogP contribution in [0.4, 0.5) is 0 Å². The van der Waals surface area contributed by atoms with Crippen molar-refractivity contribution in [2.24, 2.45) is 4.99 Å². The lowest BCUT2D eigenvalue weighted by Crippen LogP contribution is -2.23. The highest BCUT2D eigenvalue weighted by molar-refractivity contribution is 7.16. The maximum absolute atomic E-state index is 12.4. The number of rotatable bonds is 4. The number of hydrogen-bond donors (Lipinski definition) is 0. The van der Waals surface area contributed by atoms with Crippen LogP contribution in [0, 0.1) is 6.92 Å². The van der Waals surface area contributed by atoms with Crippen LogP contribution in [-0.4, -0.2) is 23.1 Å². The van der Waals surface area contributed by atoms with Gasteiger partial charge in [0, 0.05) is 4.88 Å². The molecule has 1 aromatic carbocycles. The first-order valence-corrected chi connectivity index (χ1v) is 9.11. The van der Waals surface area contributed by atoms with Gasteiger partial charge in [-0.25, -0.2) is 0 Å². The van der Waals surface area contributed by atoms with Crippen LogP contribution in [0.2, 0.25) is 0 Å². The summed E-state index contributed by atoms with van der Waals surface area (Å²) >= 11 is 2.80. The van der Waals surface area contributed by atoms with Crippen molar-refractivity contribution >= 4 is 44.8 Å². The summed E-state index contributed by atoms with van der Waals surface area (Å²) in [4.78, 5) is 30.7. The summed E-state index contributed by atoms with van der Waals surface area (Å²) in [7, 11) is 0. The van der Waals surface area contributed by atoms with Gasteiger partial charge in [-0.3, -0.25) is 9.59 Å². The minimum atomic E-state index is -0.345. The van der Waals surface area contributed by atoms with Gasteiger partial charge in [0.05, 0.1) is 21.7 Å². The number of aryl methyl sites for hydroxylation is 1. The first kappa shape index (κ1) is 16.6. The number of amides is 1. The minimum absolute atomic E-state index is 0.0352.